The zero-order valence-electron chi connectivity index (χ0n) is 12.7. The molecule has 0 unspecified atom stereocenters. The molecular weight excluding hydrogens is 292 g/mol. The molecule has 0 spiro atoms. The Balaban J connectivity index is 2.27. The summed E-state index contributed by atoms with van der Waals surface area (Å²) in [5.41, 5.74) is 2.96. The van der Waals surface area contributed by atoms with Crippen molar-refractivity contribution in [3.63, 3.8) is 0 Å². The van der Waals surface area contributed by atoms with E-state index in [-0.39, 0.29) is 11.3 Å². The Kier molecular flexibility index (Phi) is 3.55. The van der Waals surface area contributed by atoms with Gasteiger partial charge in [0.25, 0.3) is 0 Å². The van der Waals surface area contributed by atoms with Gasteiger partial charge < -0.3 is 14.3 Å². The minimum absolute atomic E-state index is 0.0488. The summed E-state index contributed by atoms with van der Waals surface area (Å²) in [6.45, 7) is 1.99. The number of hydrogen-bond donors (Lipinski definition) is 1. The second-order valence-electron chi connectivity index (χ2n) is 5.17. The van der Waals surface area contributed by atoms with Crippen molar-refractivity contribution in [2.45, 2.75) is 6.92 Å². The van der Waals surface area contributed by atoms with Gasteiger partial charge in [-0.2, -0.15) is 0 Å². The average molecular weight is 306 g/mol. The van der Waals surface area contributed by atoms with E-state index in [9.17, 15) is 9.90 Å². The first-order valence-electron chi connectivity index (χ1n) is 6.96. The third-order valence-electron chi connectivity index (χ3n) is 3.67. The Bertz CT molecular complexity index is 940. The van der Waals surface area contributed by atoms with Gasteiger partial charge in [0.05, 0.1) is 12.7 Å². The molecule has 0 amide bonds. The maximum Gasteiger partial charge on any atom is 0.341 e. The number of carbonyl (C=O) groups excluding carboxylic acids is 1. The van der Waals surface area contributed by atoms with Crippen molar-refractivity contribution in [3.8, 4) is 29.4 Å². The zero-order chi connectivity index (χ0) is 16.6. The Labute approximate surface area is 133 Å². The van der Waals surface area contributed by atoms with Crippen LogP contribution in [0, 0.1) is 19.3 Å². The smallest absolute Gasteiger partial charge is 0.341 e. The fraction of sp³-hybridized carbons (Fsp3) is 0.105. The van der Waals surface area contributed by atoms with Crippen LogP contribution >= 0.6 is 0 Å². The molecule has 3 rings (SSSR count). The SMILES string of the molecule is C#Cc1c(-c2ccc(C)cc2)oc2cc(O)c(C(=O)OC)cc12. The lowest BCUT2D eigenvalue weighted by atomic mass is 10.0. The molecule has 0 atom stereocenters. The molecular formula is C19H14O4. The van der Waals surface area contributed by atoms with Crippen LogP contribution in [0.3, 0.4) is 0 Å². The highest BCUT2D eigenvalue weighted by Crippen LogP contribution is 2.36. The van der Waals surface area contributed by atoms with Crippen LogP contribution in [-0.2, 0) is 4.74 Å². The maximum absolute atomic E-state index is 11.7. The molecule has 0 aliphatic rings. The van der Waals surface area contributed by atoms with Crippen LogP contribution < -0.4 is 0 Å². The second-order valence-corrected chi connectivity index (χ2v) is 5.17. The highest BCUT2D eigenvalue weighted by atomic mass is 16.5. The minimum atomic E-state index is -0.634. The normalized spacial score (nSPS) is 10.5. The van der Waals surface area contributed by atoms with Gasteiger partial charge in [0.2, 0.25) is 0 Å². The summed E-state index contributed by atoms with van der Waals surface area (Å²) in [7, 11) is 1.25. The van der Waals surface area contributed by atoms with E-state index in [1.165, 1.54) is 19.2 Å². The number of terminal acetylenes is 1. The van der Waals surface area contributed by atoms with E-state index in [1.807, 2.05) is 31.2 Å². The van der Waals surface area contributed by atoms with Crippen molar-refractivity contribution in [2.24, 2.45) is 0 Å². The number of methoxy groups -OCH3 is 1. The highest BCUT2D eigenvalue weighted by Gasteiger charge is 2.20. The van der Waals surface area contributed by atoms with Gasteiger partial charge in [-0.1, -0.05) is 35.7 Å². The molecule has 0 saturated heterocycles. The summed E-state index contributed by atoms with van der Waals surface area (Å²) in [4.78, 5) is 11.7. The maximum atomic E-state index is 11.7. The van der Waals surface area contributed by atoms with Crippen molar-refractivity contribution >= 4 is 16.9 Å². The van der Waals surface area contributed by atoms with Crippen molar-refractivity contribution in [1.29, 1.82) is 0 Å². The lowest BCUT2D eigenvalue weighted by Crippen LogP contribution is -2.01. The number of furan rings is 1. The fourth-order valence-corrected chi connectivity index (χ4v) is 2.46. The van der Waals surface area contributed by atoms with Gasteiger partial charge in [0, 0.05) is 17.0 Å². The third-order valence-corrected chi connectivity index (χ3v) is 3.67. The Morgan fingerprint density at radius 3 is 2.57 bits per heavy atom. The molecule has 0 fully saturated rings. The number of rotatable bonds is 2. The van der Waals surface area contributed by atoms with Gasteiger partial charge >= 0.3 is 5.97 Å². The average Bonchev–Trinajstić information content (AvgIpc) is 2.91. The molecule has 3 aromatic rings. The van der Waals surface area contributed by atoms with Crippen LogP contribution in [0.5, 0.6) is 5.75 Å². The van der Waals surface area contributed by atoms with Gasteiger partial charge in [-0.25, -0.2) is 4.79 Å². The molecule has 4 heteroatoms. The van der Waals surface area contributed by atoms with Gasteiger partial charge in [-0.05, 0) is 13.0 Å². The first-order valence-corrected chi connectivity index (χ1v) is 6.96. The van der Waals surface area contributed by atoms with Gasteiger partial charge in [-0.15, -0.1) is 6.42 Å². The monoisotopic (exact) mass is 306 g/mol. The van der Waals surface area contributed by atoms with E-state index in [0.717, 1.165) is 11.1 Å². The Morgan fingerprint density at radius 2 is 1.96 bits per heavy atom. The molecule has 0 bridgehead atoms. The predicted molar refractivity (Wildman–Crippen MR) is 87.3 cm³/mol. The minimum Gasteiger partial charge on any atom is -0.507 e. The van der Waals surface area contributed by atoms with Crippen molar-refractivity contribution < 1.29 is 19.1 Å². The number of ether oxygens (including phenoxy) is 1. The van der Waals surface area contributed by atoms with E-state index in [1.54, 1.807) is 0 Å². The molecule has 0 radical (unpaired) electrons. The van der Waals surface area contributed by atoms with Gasteiger partial charge in [0.15, 0.2) is 5.76 Å². The molecule has 0 saturated carbocycles. The summed E-state index contributed by atoms with van der Waals surface area (Å²) < 4.78 is 10.5. The van der Waals surface area contributed by atoms with E-state index >= 15 is 0 Å². The number of carbonyl (C=O) groups is 1. The molecule has 1 N–H and O–H groups in total. The van der Waals surface area contributed by atoms with Crippen LogP contribution in [0.4, 0.5) is 0 Å². The molecule has 1 aromatic heterocycles. The largest absolute Gasteiger partial charge is 0.507 e. The van der Waals surface area contributed by atoms with Gasteiger partial charge in [0.1, 0.15) is 16.9 Å². The molecule has 2 aromatic carbocycles. The predicted octanol–water partition coefficient (Wildman–Crippen LogP) is 3.88. The molecule has 0 aliphatic carbocycles. The highest BCUT2D eigenvalue weighted by molar-refractivity contribution is 6.00. The number of hydrogen-bond acceptors (Lipinski definition) is 4. The van der Waals surface area contributed by atoms with E-state index in [0.29, 0.717) is 22.3 Å². The first kappa shape index (κ1) is 14.7. The van der Waals surface area contributed by atoms with Crippen LogP contribution in [0.1, 0.15) is 21.5 Å². The lowest BCUT2D eigenvalue weighted by Gasteiger charge is -2.02. The van der Waals surface area contributed by atoms with Crippen molar-refractivity contribution in [3.05, 3.63) is 53.1 Å². The van der Waals surface area contributed by atoms with Crippen molar-refractivity contribution in [1.82, 2.24) is 0 Å². The van der Waals surface area contributed by atoms with Gasteiger partial charge in [-0.3, -0.25) is 0 Å². The Morgan fingerprint density at radius 1 is 1.26 bits per heavy atom. The number of fused-ring (bicyclic) bond motifs is 1. The Hall–Kier alpha value is -3.19. The van der Waals surface area contributed by atoms with Crippen LogP contribution in [0.25, 0.3) is 22.3 Å². The summed E-state index contributed by atoms with van der Waals surface area (Å²) >= 11 is 0. The van der Waals surface area contributed by atoms with E-state index in [2.05, 4.69) is 10.7 Å². The van der Waals surface area contributed by atoms with E-state index < -0.39 is 5.97 Å². The number of aryl methyl sites for hydroxylation is 1. The standard InChI is InChI=1S/C19H14O4/c1-4-13-14-9-15(19(21)22-3)16(20)10-17(14)23-18(13)12-7-5-11(2)6-8-12/h1,5-10,20H,2-3H3. The summed E-state index contributed by atoms with van der Waals surface area (Å²) in [5, 5.41) is 10.6. The summed E-state index contributed by atoms with van der Waals surface area (Å²) in [5.74, 6) is 2.29. The fourth-order valence-electron chi connectivity index (χ4n) is 2.46. The summed E-state index contributed by atoms with van der Waals surface area (Å²) in [6, 6.07) is 10.6. The number of esters is 1. The van der Waals surface area contributed by atoms with E-state index in [4.69, 9.17) is 10.8 Å². The molecule has 1 heterocycles. The first-order chi connectivity index (χ1) is 11.0. The quantitative estimate of drug-likeness (QED) is 0.576. The second kappa shape index (κ2) is 5.54. The van der Waals surface area contributed by atoms with Crippen molar-refractivity contribution in [2.75, 3.05) is 7.11 Å². The van der Waals surface area contributed by atoms with Crippen LogP contribution in [-0.4, -0.2) is 18.2 Å². The molecule has 23 heavy (non-hydrogen) atoms. The summed E-state index contributed by atoms with van der Waals surface area (Å²) in [6.07, 6.45) is 5.64. The van der Waals surface area contributed by atoms with Crippen LogP contribution in [0.2, 0.25) is 0 Å². The molecule has 4 nitrogen and oxygen atoms in total. The molecule has 0 aliphatic heterocycles. The zero-order valence-corrected chi connectivity index (χ0v) is 12.7. The number of benzene rings is 2. The van der Waals surface area contributed by atoms with Crippen LogP contribution in [0.15, 0.2) is 40.8 Å². The number of aromatic hydroxyl groups is 1. The number of phenolic OH excluding ortho intramolecular Hbond substituents is 1. The third kappa shape index (κ3) is 2.43. The lowest BCUT2D eigenvalue weighted by molar-refractivity contribution is 0.0597. The topological polar surface area (TPSA) is 59.7 Å². The molecule has 114 valence electrons. The number of phenols is 1.